The Morgan fingerprint density at radius 3 is 2.24 bits per heavy atom. The zero-order valence-corrected chi connectivity index (χ0v) is 20.5. The summed E-state index contributed by atoms with van der Waals surface area (Å²) in [6.07, 6.45) is 2.62. The van der Waals surface area contributed by atoms with Crippen LogP contribution < -0.4 is 15.0 Å². The largest absolute Gasteiger partial charge is 0.494 e. The molecule has 0 radical (unpaired) electrons. The van der Waals surface area contributed by atoms with Crippen molar-refractivity contribution in [2.24, 2.45) is 0 Å². The first-order valence-electron chi connectivity index (χ1n) is 11.3. The van der Waals surface area contributed by atoms with E-state index >= 15 is 0 Å². The van der Waals surface area contributed by atoms with E-state index in [2.05, 4.69) is 41.1 Å². The van der Waals surface area contributed by atoms with Crippen LogP contribution in [0.5, 0.6) is 5.75 Å². The SMILES string of the molecule is CCOc1ccc(N2C(=O)/C(=C/c3cc(C)n(-c4ccc(CC)cc4)c3C)C(=O)NC2=S)cc1. The number of carbonyl (C=O) groups excluding carboxylic acids is 2. The topological polar surface area (TPSA) is 63.6 Å². The molecule has 2 aromatic carbocycles. The molecule has 0 bridgehead atoms. The number of hydrogen-bond acceptors (Lipinski definition) is 4. The third kappa shape index (κ3) is 4.39. The Morgan fingerprint density at radius 2 is 1.62 bits per heavy atom. The number of aromatic nitrogens is 1. The highest BCUT2D eigenvalue weighted by molar-refractivity contribution is 7.80. The molecule has 0 saturated carbocycles. The molecule has 3 aromatic rings. The standard InChI is InChI=1S/C27H27N3O3S/c1-5-19-7-9-21(10-8-19)29-17(3)15-20(18(29)4)16-24-25(31)28-27(34)30(26(24)32)22-11-13-23(14-12-22)33-6-2/h7-16H,5-6H2,1-4H3,(H,28,31,34)/b24-16+. The highest BCUT2D eigenvalue weighted by Crippen LogP contribution is 2.27. The first-order chi connectivity index (χ1) is 16.3. The van der Waals surface area contributed by atoms with Crippen LogP contribution in [-0.4, -0.2) is 28.1 Å². The Hall–Kier alpha value is -3.71. The molecule has 1 aliphatic heterocycles. The van der Waals surface area contributed by atoms with Gasteiger partial charge in [-0.05, 0) is 99.1 Å². The van der Waals surface area contributed by atoms with Crippen LogP contribution >= 0.6 is 12.2 Å². The van der Waals surface area contributed by atoms with Crippen LogP contribution in [-0.2, 0) is 16.0 Å². The Bertz CT molecular complexity index is 1290. The third-order valence-electron chi connectivity index (χ3n) is 5.88. The van der Waals surface area contributed by atoms with Crippen LogP contribution in [0.1, 0.15) is 36.4 Å². The van der Waals surface area contributed by atoms with Gasteiger partial charge in [0.15, 0.2) is 5.11 Å². The molecular weight excluding hydrogens is 446 g/mol. The summed E-state index contributed by atoms with van der Waals surface area (Å²) >= 11 is 5.31. The lowest BCUT2D eigenvalue weighted by molar-refractivity contribution is -0.122. The van der Waals surface area contributed by atoms with Crippen molar-refractivity contribution in [2.45, 2.75) is 34.1 Å². The highest BCUT2D eigenvalue weighted by Gasteiger charge is 2.34. The van der Waals surface area contributed by atoms with Gasteiger partial charge in [-0.2, -0.15) is 0 Å². The second-order valence-electron chi connectivity index (χ2n) is 8.07. The molecule has 1 N–H and O–H groups in total. The van der Waals surface area contributed by atoms with Crippen molar-refractivity contribution in [3.8, 4) is 11.4 Å². The van der Waals surface area contributed by atoms with Gasteiger partial charge in [-0.25, -0.2) is 0 Å². The zero-order valence-electron chi connectivity index (χ0n) is 19.7. The Morgan fingerprint density at radius 1 is 0.971 bits per heavy atom. The first-order valence-corrected chi connectivity index (χ1v) is 11.7. The number of benzene rings is 2. The van der Waals surface area contributed by atoms with Crippen molar-refractivity contribution in [1.82, 2.24) is 9.88 Å². The van der Waals surface area contributed by atoms with E-state index in [0.29, 0.717) is 18.0 Å². The molecule has 2 heterocycles. The molecule has 1 aliphatic rings. The number of rotatable bonds is 6. The predicted molar refractivity (Wildman–Crippen MR) is 138 cm³/mol. The van der Waals surface area contributed by atoms with Crippen LogP contribution in [0, 0.1) is 13.8 Å². The van der Waals surface area contributed by atoms with Crippen LogP contribution in [0.2, 0.25) is 0 Å². The van der Waals surface area contributed by atoms with Crippen molar-refractivity contribution in [3.05, 3.63) is 82.7 Å². The Labute approximate surface area is 204 Å². The number of nitrogens with one attached hydrogen (secondary N) is 1. The molecule has 1 fully saturated rings. The number of ether oxygens (including phenoxy) is 1. The van der Waals surface area contributed by atoms with Crippen LogP contribution in [0.4, 0.5) is 5.69 Å². The number of amides is 2. The lowest BCUT2D eigenvalue weighted by Gasteiger charge is -2.29. The average Bonchev–Trinajstić information content (AvgIpc) is 3.10. The van der Waals surface area contributed by atoms with Crippen molar-refractivity contribution in [1.29, 1.82) is 0 Å². The van der Waals surface area contributed by atoms with Crippen molar-refractivity contribution in [2.75, 3.05) is 11.5 Å². The van der Waals surface area contributed by atoms with Crippen molar-refractivity contribution in [3.63, 3.8) is 0 Å². The fourth-order valence-electron chi connectivity index (χ4n) is 4.12. The summed E-state index contributed by atoms with van der Waals surface area (Å²) in [7, 11) is 0. The summed E-state index contributed by atoms with van der Waals surface area (Å²) in [5.41, 5.74) is 5.65. The van der Waals surface area contributed by atoms with Crippen LogP contribution in [0.15, 0.2) is 60.2 Å². The maximum atomic E-state index is 13.4. The summed E-state index contributed by atoms with van der Waals surface area (Å²) in [6.45, 7) is 8.56. The Balaban J connectivity index is 1.69. The fraction of sp³-hybridized carbons (Fsp3) is 0.222. The summed E-state index contributed by atoms with van der Waals surface area (Å²) in [6, 6.07) is 17.4. The fourth-order valence-corrected chi connectivity index (χ4v) is 4.40. The molecule has 2 amide bonds. The van der Waals surface area contributed by atoms with Gasteiger partial charge in [-0.1, -0.05) is 19.1 Å². The van der Waals surface area contributed by atoms with Crippen molar-refractivity contribution >= 4 is 40.9 Å². The molecule has 0 unspecified atom stereocenters. The van der Waals surface area contributed by atoms with Gasteiger partial charge in [-0.3, -0.25) is 19.8 Å². The molecule has 0 atom stereocenters. The minimum atomic E-state index is -0.505. The zero-order chi connectivity index (χ0) is 24.4. The quantitative estimate of drug-likeness (QED) is 0.315. The predicted octanol–water partition coefficient (Wildman–Crippen LogP) is 4.89. The van der Waals surface area contributed by atoms with E-state index in [-0.39, 0.29) is 10.7 Å². The molecule has 34 heavy (non-hydrogen) atoms. The second-order valence-corrected chi connectivity index (χ2v) is 8.45. The molecule has 7 heteroatoms. The van der Waals surface area contributed by atoms with Gasteiger partial charge in [0.1, 0.15) is 11.3 Å². The number of carbonyl (C=O) groups is 2. The number of anilines is 1. The molecular formula is C27H27N3O3S. The van der Waals surface area contributed by atoms with Gasteiger partial charge in [0.2, 0.25) is 0 Å². The maximum Gasteiger partial charge on any atom is 0.270 e. The Kier molecular flexibility index (Phi) is 6.65. The van der Waals surface area contributed by atoms with Gasteiger partial charge in [0, 0.05) is 17.1 Å². The van der Waals surface area contributed by atoms with E-state index in [1.54, 1.807) is 30.3 Å². The minimum Gasteiger partial charge on any atom is -0.494 e. The van der Waals surface area contributed by atoms with E-state index in [9.17, 15) is 9.59 Å². The monoisotopic (exact) mass is 473 g/mol. The smallest absolute Gasteiger partial charge is 0.270 e. The lowest BCUT2D eigenvalue weighted by atomic mass is 10.1. The summed E-state index contributed by atoms with van der Waals surface area (Å²) in [5.74, 6) is -0.273. The van der Waals surface area contributed by atoms with E-state index < -0.39 is 11.8 Å². The van der Waals surface area contributed by atoms with Gasteiger partial charge in [0.05, 0.1) is 12.3 Å². The summed E-state index contributed by atoms with van der Waals surface area (Å²) in [5, 5.41) is 2.70. The van der Waals surface area contributed by atoms with E-state index in [0.717, 1.165) is 29.1 Å². The maximum absolute atomic E-state index is 13.4. The van der Waals surface area contributed by atoms with Gasteiger partial charge >= 0.3 is 0 Å². The second kappa shape index (κ2) is 9.65. The minimum absolute atomic E-state index is 0.0315. The number of aryl methyl sites for hydroxylation is 2. The third-order valence-corrected chi connectivity index (χ3v) is 6.17. The van der Waals surface area contributed by atoms with Crippen molar-refractivity contribution < 1.29 is 14.3 Å². The van der Waals surface area contributed by atoms with E-state index in [4.69, 9.17) is 17.0 Å². The number of thiocarbonyl (C=S) groups is 1. The summed E-state index contributed by atoms with van der Waals surface area (Å²) < 4.78 is 7.59. The molecule has 174 valence electrons. The van der Waals surface area contributed by atoms with E-state index in [1.807, 2.05) is 26.8 Å². The normalized spacial score (nSPS) is 15.1. The molecule has 1 aromatic heterocycles. The number of nitrogens with zero attached hydrogens (tertiary/aromatic N) is 2. The van der Waals surface area contributed by atoms with Gasteiger partial charge in [0.25, 0.3) is 11.8 Å². The molecule has 1 saturated heterocycles. The molecule has 6 nitrogen and oxygen atoms in total. The molecule has 0 spiro atoms. The first kappa shape index (κ1) is 23.4. The molecule has 4 rings (SSSR count). The highest BCUT2D eigenvalue weighted by atomic mass is 32.1. The van der Waals surface area contributed by atoms with E-state index in [1.165, 1.54) is 10.5 Å². The van der Waals surface area contributed by atoms with Gasteiger partial charge < -0.3 is 9.30 Å². The number of hydrogen-bond donors (Lipinski definition) is 1. The lowest BCUT2D eigenvalue weighted by Crippen LogP contribution is -2.54. The molecule has 0 aliphatic carbocycles. The average molecular weight is 474 g/mol. The van der Waals surface area contributed by atoms with Crippen LogP contribution in [0.25, 0.3) is 11.8 Å². The van der Waals surface area contributed by atoms with Crippen LogP contribution in [0.3, 0.4) is 0 Å². The van der Waals surface area contributed by atoms with Gasteiger partial charge in [-0.15, -0.1) is 0 Å². The summed E-state index contributed by atoms with van der Waals surface area (Å²) in [4.78, 5) is 27.4.